The van der Waals surface area contributed by atoms with E-state index < -0.39 is 0 Å². The van der Waals surface area contributed by atoms with Crippen LogP contribution in [0.1, 0.15) is 182 Å². The van der Waals surface area contributed by atoms with Gasteiger partial charge in [0.05, 0.1) is 0 Å². The summed E-state index contributed by atoms with van der Waals surface area (Å²) in [5.41, 5.74) is 0. The molecule has 2 unspecified atom stereocenters. The van der Waals surface area contributed by atoms with Crippen molar-refractivity contribution in [3.63, 3.8) is 0 Å². The minimum absolute atomic E-state index is 0.102. The van der Waals surface area contributed by atoms with Crippen molar-refractivity contribution < 1.29 is 0 Å². The van der Waals surface area contributed by atoms with E-state index in [1.807, 2.05) is 10.6 Å². The molecule has 0 aromatic heterocycles. The molecule has 2 aromatic carbocycles. The lowest BCUT2D eigenvalue weighted by atomic mass is 9.90. The highest BCUT2D eigenvalue weighted by atomic mass is 31.1. The first-order valence-electron chi connectivity index (χ1n) is 19.7. The standard InChI is InChI=1S/C42H70P2/c1-5-9-13-19-29-41(30-20-14-10-6-2)33-23-35-43(41)39-28-27-37-25-17-18-26-38(37)40(39)44-36-24-34-42(44,31-21-15-11-7-3)32-22-16-12-8-4/h17-18,25-28H,5-16,19-24,29-36H2,1-4H3. The van der Waals surface area contributed by atoms with Gasteiger partial charge in [-0.2, -0.15) is 0 Å². The van der Waals surface area contributed by atoms with Gasteiger partial charge in [0.25, 0.3) is 0 Å². The molecule has 0 N–H and O–H groups in total. The van der Waals surface area contributed by atoms with Crippen LogP contribution in [0, 0.1) is 0 Å². The van der Waals surface area contributed by atoms with E-state index in [4.69, 9.17) is 0 Å². The molecule has 2 heteroatoms. The smallest absolute Gasteiger partial charge is 0.00538 e. The minimum Gasteiger partial charge on any atom is -0.0682 e. The molecular formula is C42H70P2. The van der Waals surface area contributed by atoms with Crippen LogP contribution in [0.15, 0.2) is 36.4 Å². The van der Waals surface area contributed by atoms with Crippen molar-refractivity contribution in [3.05, 3.63) is 36.4 Å². The number of hydrogen-bond acceptors (Lipinski definition) is 0. The lowest BCUT2D eigenvalue weighted by Crippen LogP contribution is -2.37. The Labute approximate surface area is 277 Å². The van der Waals surface area contributed by atoms with Gasteiger partial charge in [-0.3, -0.25) is 0 Å². The van der Waals surface area contributed by atoms with E-state index in [2.05, 4.69) is 64.1 Å². The van der Waals surface area contributed by atoms with E-state index in [0.29, 0.717) is 10.3 Å². The molecule has 2 saturated heterocycles. The summed E-state index contributed by atoms with van der Waals surface area (Å²) in [6, 6.07) is 15.0. The van der Waals surface area contributed by atoms with E-state index in [1.165, 1.54) is 172 Å². The molecule has 0 amide bonds. The van der Waals surface area contributed by atoms with Gasteiger partial charge >= 0.3 is 0 Å². The SMILES string of the molecule is CCCCCCC1(CCCCCC)CCCP1c1ccc2ccccc2c1P1CCCC1(CCCCCC)CCCCCC. The molecule has 44 heavy (non-hydrogen) atoms. The molecule has 2 aliphatic rings. The molecule has 0 aliphatic carbocycles. The maximum atomic E-state index is 2.74. The third-order valence-corrected chi connectivity index (χ3v) is 18.9. The molecule has 4 rings (SSSR count). The van der Waals surface area contributed by atoms with Gasteiger partial charge < -0.3 is 0 Å². The lowest BCUT2D eigenvalue weighted by Gasteiger charge is -2.42. The fourth-order valence-electron chi connectivity index (χ4n) is 9.16. The van der Waals surface area contributed by atoms with Crippen molar-refractivity contribution in [1.29, 1.82) is 0 Å². The first kappa shape index (κ1) is 36.4. The molecule has 2 aromatic rings. The first-order chi connectivity index (χ1) is 21.6. The van der Waals surface area contributed by atoms with Crippen LogP contribution in [-0.4, -0.2) is 22.6 Å². The number of rotatable bonds is 22. The summed E-state index contributed by atoms with van der Waals surface area (Å²) in [4.78, 5) is 0. The Morgan fingerprint density at radius 2 is 0.955 bits per heavy atom. The molecule has 0 bridgehead atoms. The van der Waals surface area contributed by atoms with Gasteiger partial charge in [0, 0.05) is 0 Å². The summed E-state index contributed by atoms with van der Waals surface area (Å²) in [6.07, 6.45) is 37.8. The first-order valence-corrected chi connectivity index (χ1v) is 22.8. The Hall–Kier alpha value is -0.440. The molecule has 2 fully saturated rings. The molecule has 2 aliphatic heterocycles. The van der Waals surface area contributed by atoms with Crippen LogP contribution >= 0.6 is 15.8 Å². The average molecular weight is 637 g/mol. The predicted molar refractivity (Wildman–Crippen MR) is 206 cm³/mol. The molecular weight excluding hydrogens is 566 g/mol. The minimum atomic E-state index is -0.129. The van der Waals surface area contributed by atoms with E-state index in [-0.39, 0.29) is 15.8 Å². The second kappa shape index (κ2) is 19.4. The van der Waals surface area contributed by atoms with Crippen LogP contribution in [0.5, 0.6) is 0 Å². The number of fused-ring (bicyclic) bond motifs is 1. The molecule has 2 heterocycles. The molecule has 2 atom stereocenters. The summed E-state index contributed by atoms with van der Waals surface area (Å²) < 4.78 is 0. The maximum Gasteiger partial charge on any atom is -0.00538 e. The normalized spacial score (nSPS) is 21.0. The van der Waals surface area contributed by atoms with Crippen LogP contribution in [0.25, 0.3) is 10.8 Å². The Morgan fingerprint density at radius 1 is 0.500 bits per heavy atom. The van der Waals surface area contributed by atoms with Crippen LogP contribution in [0.2, 0.25) is 0 Å². The van der Waals surface area contributed by atoms with Crippen LogP contribution in [-0.2, 0) is 0 Å². The monoisotopic (exact) mass is 636 g/mol. The van der Waals surface area contributed by atoms with Crippen molar-refractivity contribution in [3.8, 4) is 0 Å². The second-order valence-electron chi connectivity index (χ2n) is 14.9. The maximum absolute atomic E-state index is 2.74. The highest BCUT2D eigenvalue weighted by Crippen LogP contribution is 2.66. The van der Waals surface area contributed by atoms with E-state index in [0.717, 1.165) is 0 Å². The van der Waals surface area contributed by atoms with Crippen molar-refractivity contribution in [2.24, 2.45) is 0 Å². The molecule has 0 saturated carbocycles. The zero-order valence-corrected chi connectivity index (χ0v) is 31.5. The van der Waals surface area contributed by atoms with Crippen molar-refractivity contribution in [1.82, 2.24) is 0 Å². The summed E-state index contributed by atoms with van der Waals surface area (Å²) in [6.45, 7) is 9.52. The Balaban J connectivity index is 1.76. The molecule has 0 spiro atoms. The second-order valence-corrected chi connectivity index (χ2v) is 20.3. The average Bonchev–Trinajstić information content (AvgIpc) is 3.66. The summed E-state index contributed by atoms with van der Waals surface area (Å²) in [7, 11) is -0.231. The third-order valence-electron chi connectivity index (χ3n) is 11.6. The summed E-state index contributed by atoms with van der Waals surface area (Å²) in [5.74, 6) is 0. The van der Waals surface area contributed by atoms with Gasteiger partial charge in [-0.25, -0.2) is 0 Å². The van der Waals surface area contributed by atoms with Crippen molar-refractivity contribution in [2.45, 2.75) is 192 Å². The molecule has 0 radical (unpaired) electrons. The number of unbranched alkanes of at least 4 members (excludes halogenated alkanes) is 12. The third kappa shape index (κ3) is 9.34. The Morgan fingerprint density at radius 3 is 1.45 bits per heavy atom. The zero-order valence-electron chi connectivity index (χ0n) is 29.7. The highest BCUT2D eigenvalue weighted by molar-refractivity contribution is 7.74. The fourth-order valence-corrected chi connectivity index (χ4v) is 17.3. The summed E-state index contributed by atoms with van der Waals surface area (Å²) >= 11 is 0. The summed E-state index contributed by atoms with van der Waals surface area (Å²) in [5, 5.41) is 8.26. The lowest BCUT2D eigenvalue weighted by molar-refractivity contribution is 0.430. The van der Waals surface area contributed by atoms with E-state index in [9.17, 15) is 0 Å². The van der Waals surface area contributed by atoms with Crippen molar-refractivity contribution in [2.75, 3.05) is 12.3 Å². The van der Waals surface area contributed by atoms with Crippen LogP contribution in [0.3, 0.4) is 0 Å². The van der Waals surface area contributed by atoms with E-state index in [1.54, 1.807) is 5.39 Å². The van der Waals surface area contributed by atoms with Gasteiger partial charge in [0.1, 0.15) is 0 Å². The van der Waals surface area contributed by atoms with E-state index >= 15 is 0 Å². The number of benzene rings is 2. The van der Waals surface area contributed by atoms with Gasteiger partial charge in [0.2, 0.25) is 0 Å². The quantitative estimate of drug-likeness (QED) is 0.0891. The van der Waals surface area contributed by atoms with Gasteiger partial charge in [-0.05, 0) is 95.4 Å². The fraction of sp³-hybridized carbons (Fsp3) is 0.762. The van der Waals surface area contributed by atoms with Crippen molar-refractivity contribution >= 4 is 37.2 Å². The predicted octanol–water partition coefficient (Wildman–Crippen LogP) is 14.0. The Kier molecular flexibility index (Phi) is 16.0. The van der Waals surface area contributed by atoms with Gasteiger partial charge in [0.15, 0.2) is 0 Å². The van der Waals surface area contributed by atoms with Crippen LogP contribution in [0.4, 0.5) is 0 Å². The zero-order chi connectivity index (χ0) is 31.1. The number of hydrogen-bond donors (Lipinski definition) is 0. The Bertz CT molecular complexity index is 1050. The molecule has 0 nitrogen and oxygen atoms in total. The molecule has 248 valence electrons. The van der Waals surface area contributed by atoms with Gasteiger partial charge in [-0.1, -0.05) is 183 Å². The highest BCUT2D eigenvalue weighted by Gasteiger charge is 2.47. The topological polar surface area (TPSA) is 0 Å². The van der Waals surface area contributed by atoms with Gasteiger partial charge in [-0.15, -0.1) is 0 Å². The van der Waals surface area contributed by atoms with Crippen LogP contribution < -0.4 is 10.6 Å². The largest absolute Gasteiger partial charge is 0.0682 e.